The number of nitrogens with one attached hydrogen (secondary N) is 2. The number of carbonyl (C=O) groups excluding carboxylic acids is 1. The third-order valence-electron chi connectivity index (χ3n) is 4.98. The molecule has 4 heteroatoms. The average Bonchev–Trinajstić information content (AvgIpc) is 2.47. The van der Waals surface area contributed by atoms with Gasteiger partial charge >= 0.3 is 0 Å². The molecule has 1 aliphatic carbocycles. The van der Waals surface area contributed by atoms with Crippen molar-refractivity contribution in [3.63, 3.8) is 0 Å². The quantitative estimate of drug-likeness (QED) is 0.805. The summed E-state index contributed by atoms with van der Waals surface area (Å²) in [5.74, 6) is 1.91. The van der Waals surface area contributed by atoms with Crippen molar-refractivity contribution in [2.24, 2.45) is 11.8 Å². The van der Waals surface area contributed by atoms with Crippen molar-refractivity contribution in [2.75, 3.05) is 32.7 Å². The van der Waals surface area contributed by atoms with Crippen molar-refractivity contribution in [1.29, 1.82) is 0 Å². The van der Waals surface area contributed by atoms with Gasteiger partial charge in [-0.3, -0.25) is 9.69 Å². The van der Waals surface area contributed by atoms with Crippen LogP contribution in [0, 0.1) is 11.8 Å². The Bertz CT molecular complexity index is 302. The van der Waals surface area contributed by atoms with Crippen molar-refractivity contribution in [2.45, 2.75) is 52.0 Å². The zero-order valence-electron chi connectivity index (χ0n) is 13.2. The Morgan fingerprint density at radius 3 is 2.80 bits per heavy atom. The van der Waals surface area contributed by atoms with Gasteiger partial charge in [0.05, 0.1) is 6.04 Å². The van der Waals surface area contributed by atoms with Gasteiger partial charge in [-0.1, -0.05) is 26.2 Å². The predicted molar refractivity (Wildman–Crippen MR) is 82.7 cm³/mol. The molecule has 20 heavy (non-hydrogen) atoms. The minimum absolute atomic E-state index is 0.0161. The molecule has 116 valence electrons. The molecule has 2 fully saturated rings. The first-order valence-corrected chi connectivity index (χ1v) is 8.39. The summed E-state index contributed by atoms with van der Waals surface area (Å²) in [6, 6.07) is 0.0161. The predicted octanol–water partition coefficient (Wildman–Crippen LogP) is 1.61. The van der Waals surface area contributed by atoms with E-state index in [2.05, 4.69) is 22.5 Å². The molecule has 0 bridgehead atoms. The van der Waals surface area contributed by atoms with Crippen LogP contribution in [0.5, 0.6) is 0 Å². The number of amides is 1. The van der Waals surface area contributed by atoms with Crippen LogP contribution in [0.2, 0.25) is 0 Å². The van der Waals surface area contributed by atoms with Gasteiger partial charge in [-0.2, -0.15) is 0 Å². The normalized spacial score (nSPS) is 29.9. The number of carbonyl (C=O) groups is 1. The van der Waals surface area contributed by atoms with Gasteiger partial charge in [-0.25, -0.2) is 0 Å². The fraction of sp³-hybridized carbons (Fsp3) is 0.938. The molecule has 0 aromatic carbocycles. The molecule has 1 aliphatic heterocycles. The molecule has 1 amide bonds. The SMILES string of the molecule is CC1CCCC(CCNC(=O)C(C)N2CCNCC2)C1. The molecule has 0 aromatic rings. The van der Waals surface area contributed by atoms with E-state index < -0.39 is 0 Å². The maximum Gasteiger partial charge on any atom is 0.237 e. The Labute approximate surface area is 123 Å². The van der Waals surface area contributed by atoms with Gasteiger partial charge in [0.2, 0.25) is 5.91 Å². The van der Waals surface area contributed by atoms with E-state index >= 15 is 0 Å². The molecule has 3 unspecified atom stereocenters. The lowest BCUT2D eigenvalue weighted by Crippen LogP contribution is -2.52. The second kappa shape index (κ2) is 7.99. The van der Waals surface area contributed by atoms with Gasteiger partial charge in [-0.05, 0) is 31.6 Å². The molecular formula is C16H31N3O. The molecular weight excluding hydrogens is 250 g/mol. The van der Waals surface area contributed by atoms with Gasteiger partial charge in [0, 0.05) is 32.7 Å². The van der Waals surface area contributed by atoms with Crippen LogP contribution >= 0.6 is 0 Å². The molecule has 0 radical (unpaired) electrons. The maximum atomic E-state index is 12.2. The summed E-state index contributed by atoms with van der Waals surface area (Å²) >= 11 is 0. The standard InChI is InChI=1S/C16H31N3O/c1-13-4-3-5-15(12-13)6-7-18-16(20)14(2)19-10-8-17-9-11-19/h13-15,17H,3-12H2,1-2H3,(H,18,20). The van der Waals surface area contributed by atoms with Crippen LogP contribution in [-0.2, 0) is 4.79 Å². The molecule has 1 heterocycles. The van der Waals surface area contributed by atoms with Crippen LogP contribution in [-0.4, -0.2) is 49.6 Å². The van der Waals surface area contributed by atoms with E-state index in [1.165, 1.54) is 25.7 Å². The Morgan fingerprint density at radius 1 is 1.35 bits per heavy atom. The monoisotopic (exact) mass is 281 g/mol. The third-order valence-corrected chi connectivity index (χ3v) is 4.98. The van der Waals surface area contributed by atoms with Crippen LogP contribution in [0.25, 0.3) is 0 Å². The lowest BCUT2D eigenvalue weighted by Gasteiger charge is -2.32. The third kappa shape index (κ3) is 4.74. The molecule has 2 N–H and O–H groups in total. The summed E-state index contributed by atoms with van der Waals surface area (Å²) in [5.41, 5.74) is 0. The lowest BCUT2D eigenvalue weighted by atomic mass is 9.81. The summed E-state index contributed by atoms with van der Waals surface area (Å²) in [5, 5.41) is 6.47. The summed E-state index contributed by atoms with van der Waals surface area (Å²) in [6.45, 7) is 9.20. The van der Waals surface area contributed by atoms with Crippen molar-refractivity contribution in [3.05, 3.63) is 0 Å². The Balaban J connectivity index is 1.63. The van der Waals surface area contributed by atoms with Gasteiger partial charge < -0.3 is 10.6 Å². The molecule has 2 aliphatic rings. The van der Waals surface area contributed by atoms with Crippen LogP contribution in [0.1, 0.15) is 46.0 Å². The van der Waals surface area contributed by atoms with Crippen LogP contribution in [0.3, 0.4) is 0 Å². The Morgan fingerprint density at radius 2 is 2.10 bits per heavy atom. The number of piperazine rings is 1. The molecule has 0 aromatic heterocycles. The molecule has 2 rings (SSSR count). The van der Waals surface area contributed by atoms with E-state index in [-0.39, 0.29) is 11.9 Å². The summed E-state index contributed by atoms with van der Waals surface area (Å²) in [7, 11) is 0. The van der Waals surface area contributed by atoms with Crippen LogP contribution < -0.4 is 10.6 Å². The highest BCUT2D eigenvalue weighted by molar-refractivity contribution is 5.81. The average molecular weight is 281 g/mol. The van der Waals surface area contributed by atoms with Crippen LogP contribution in [0.4, 0.5) is 0 Å². The molecule has 4 nitrogen and oxygen atoms in total. The fourth-order valence-electron chi connectivity index (χ4n) is 3.60. The summed E-state index contributed by atoms with van der Waals surface area (Å²) in [6.07, 6.45) is 6.63. The zero-order valence-corrected chi connectivity index (χ0v) is 13.2. The summed E-state index contributed by atoms with van der Waals surface area (Å²) < 4.78 is 0. The van der Waals surface area contributed by atoms with E-state index in [0.29, 0.717) is 0 Å². The first kappa shape index (κ1) is 15.8. The van der Waals surface area contributed by atoms with Crippen molar-refractivity contribution in [3.8, 4) is 0 Å². The molecule has 1 saturated carbocycles. The van der Waals surface area contributed by atoms with Gasteiger partial charge in [0.15, 0.2) is 0 Å². The maximum absolute atomic E-state index is 12.2. The largest absolute Gasteiger partial charge is 0.355 e. The molecule has 1 saturated heterocycles. The van der Waals surface area contributed by atoms with Crippen molar-refractivity contribution < 1.29 is 4.79 Å². The lowest BCUT2D eigenvalue weighted by molar-refractivity contribution is -0.126. The smallest absolute Gasteiger partial charge is 0.237 e. The van der Waals surface area contributed by atoms with Gasteiger partial charge in [0.25, 0.3) is 0 Å². The fourth-order valence-corrected chi connectivity index (χ4v) is 3.60. The number of hydrogen-bond donors (Lipinski definition) is 2. The second-order valence-corrected chi connectivity index (χ2v) is 6.68. The second-order valence-electron chi connectivity index (χ2n) is 6.68. The van der Waals surface area contributed by atoms with Gasteiger partial charge in [-0.15, -0.1) is 0 Å². The topological polar surface area (TPSA) is 44.4 Å². The molecule has 3 atom stereocenters. The molecule has 0 spiro atoms. The highest BCUT2D eigenvalue weighted by atomic mass is 16.2. The zero-order chi connectivity index (χ0) is 14.4. The van der Waals surface area contributed by atoms with Gasteiger partial charge in [0.1, 0.15) is 0 Å². The van der Waals surface area contributed by atoms with E-state index in [4.69, 9.17) is 0 Å². The van der Waals surface area contributed by atoms with E-state index in [1.54, 1.807) is 0 Å². The first-order valence-electron chi connectivity index (χ1n) is 8.39. The Kier molecular flexibility index (Phi) is 6.30. The van der Waals surface area contributed by atoms with E-state index in [1.807, 2.05) is 6.92 Å². The number of nitrogens with zero attached hydrogens (tertiary/aromatic N) is 1. The van der Waals surface area contributed by atoms with Crippen molar-refractivity contribution in [1.82, 2.24) is 15.5 Å². The minimum atomic E-state index is 0.0161. The summed E-state index contributed by atoms with van der Waals surface area (Å²) in [4.78, 5) is 14.4. The number of rotatable bonds is 5. The highest BCUT2D eigenvalue weighted by Crippen LogP contribution is 2.30. The highest BCUT2D eigenvalue weighted by Gasteiger charge is 2.23. The Hall–Kier alpha value is -0.610. The minimum Gasteiger partial charge on any atom is -0.355 e. The van der Waals surface area contributed by atoms with Crippen LogP contribution in [0.15, 0.2) is 0 Å². The van der Waals surface area contributed by atoms with Crippen molar-refractivity contribution >= 4 is 5.91 Å². The first-order chi connectivity index (χ1) is 9.66. The van der Waals surface area contributed by atoms with E-state index in [9.17, 15) is 4.79 Å². The number of hydrogen-bond acceptors (Lipinski definition) is 3. The van der Waals surface area contributed by atoms with E-state index in [0.717, 1.165) is 51.0 Å².